The Morgan fingerprint density at radius 3 is 2.50 bits per heavy atom. The first-order valence-electron chi connectivity index (χ1n) is 10.2. The molecule has 0 bridgehead atoms. The zero-order valence-electron chi connectivity index (χ0n) is 18.7. The van der Waals surface area contributed by atoms with Crippen molar-refractivity contribution in [1.29, 1.82) is 0 Å². The van der Waals surface area contributed by atoms with E-state index in [1.165, 1.54) is 26.7 Å². The molecule has 4 aromatic rings. The van der Waals surface area contributed by atoms with E-state index in [9.17, 15) is 14.7 Å². The number of thioether (sulfide) groups is 1. The van der Waals surface area contributed by atoms with Crippen molar-refractivity contribution in [3.8, 4) is 27.5 Å². The van der Waals surface area contributed by atoms with Crippen molar-refractivity contribution in [2.24, 2.45) is 7.05 Å². The van der Waals surface area contributed by atoms with Crippen LogP contribution in [0.3, 0.4) is 0 Å². The van der Waals surface area contributed by atoms with Gasteiger partial charge in [0.05, 0.1) is 25.6 Å². The normalized spacial score (nSPS) is 11.4. The van der Waals surface area contributed by atoms with Crippen molar-refractivity contribution in [3.63, 3.8) is 0 Å². The number of pyridine rings is 1. The molecule has 34 heavy (non-hydrogen) atoms. The highest BCUT2D eigenvalue weighted by atomic mass is 35.5. The molecule has 3 heterocycles. The van der Waals surface area contributed by atoms with Gasteiger partial charge in [0.2, 0.25) is 5.13 Å². The first-order chi connectivity index (χ1) is 16.1. The SMILES string of the molecule is Cc1nn(-c2nc(-c3ccc(Cl)c(Cl)c3)c(SC(C)C)s2)c(C(=O)O)c1-c1ccn(C)c(=O)c1. The average Bonchev–Trinajstić information content (AvgIpc) is 3.32. The third-order valence-electron chi connectivity index (χ3n) is 4.96. The molecular weight excluding hydrogens is 515 g/mol. The summed E-state index contributed by atoms with van der Waals surface area (Å²) in [5.41, 5.74) is 2.50. The minimum Gasteiger partial charge on any atom is -0.476 e. The highest BCUT2D eigenvalue weighted by molar-refractivity contribution is 8.01. The molecule has 1 aromatic carbocycles. The zero-order chi connectivity index (χ0) is 24.7. The summed E-state index contributed by atoms with van der Waals surface area (Å²) in [5, 5.41) is 16.1. The predicted molar refractivity (Wildman–Crippen MR) is 138 cm³/mol. The van der Waals surface area contributed by atoms with Gasteiger partial charge < -0.3 is 9.67 Å². The monoisotopic (exact) mass is 534 g/mol. The molecule has 3 aromatic heterocycles. The standard InChI is InChI=1S/C23H20Cl2N4O3S2/c1-11(2)33-22-19(14-5-6-15(24)16(25)9-14)26-23(34-22)29-20(21(31)32)18(12(3)27-29)13-7-8-28(4)17(30)10-13/h5-11H,1-4H3,(H,31,32). The fraction of sp³-hybridized carbons (Fsp3) is 0.217. The summed E-state index contributed by atoms with van der Waals surface area (Å²) < 4.78 is 3.66. The van der Waals surface area contributed by atoms with Gasteiger partial charge in [0.1, 0.15) is 0 Å². The Kier molecular flexibility index (Phi) is 6.91. The van der Waals surface area contributed by atoms with Gasteiger partial charge in [-0.05, 0) is 30.7 Å². The van der Waals surface area contributed by atoms with Crippen molar-refractivity contribution < 1.29 is 9.90 Å². The van der Waals surface area contributed by atoms with Crippen molar-refractivity contribution in [2.75, 3.05) is 0 Å². The minimum absolute atomic E-state index is 0.0544. The number of hydrogen-bond donors (Lipinski definition) is 1. The van der Waals surface area contributed by atoms with Crippen LogP contribution in [0.4, 0.5) is 0 Å². The van der Waals surface area contributed by atoms with E-state index in [1.807, 2.05) is 6.07 Å². The van der Waals surface area contributed by atoms with Gasteiger partial charge in [0, 0.05) is 35.7 Å². The molecule has 0 aliphatic heterocycles. The smallest absolute Gasteiger partial charge is 0.355 e. The number of thiazole rings is 1. The van der Waals surface area contributed by atoms with Crippen LogP contribution >= 0.6 is 46.3 Å². The summed E-state index contributed by atoms with van der Waals surface area (Å²) in [7, 11) is 1.63. The van der Waals surface area contributed by atoms with Crippen molar-refractivity contribution in [3.05, 3.63) is 68.3 Å². The topological polar surface area (TPSA) is 90.0 Å². The molecular formula is C23H20Cl2N4O3S2. The molecule has 0 amide bonds. The lowest BCUT2D eigenvalue weighted by Crippen LogP contribution is -2.15. The van der Waals surface area contributed by atoms with Crippen LogP contribution in [0.25, 0.3) is 27.5 Å². The van der Waals surface area contributed by atoms with E-state index >= 15 is 0 Å². The number of nitrogens with zero attached hydrogens (tertiary/aromatic N) is 4. The molecule has 0 fully saturated rings. The lowest BCUT2D eigenvalue weighted by molar-refractivity contribution is 0.0688. The molecule has 4 rings (SSSR count). The molecule has 0 radical (unpaired) electrons. The summed E-state index contributed by atoms with van der Waals surface area (Å²) in [6, 6.07) is 8.38. The first-order valence-corrected chi connectivity index (χ1v) is 12.6. The molecule has 0 spiro atoms. The maximum atomic E-state index is 12.4. The Morgan fingerprint density at radius 2 is 1.88 bits per heavy atom. The van der Waals surface area contributed by atoms with Gasteiger partial charge in [-0.2, -0.15) is 9.78 Å². The van der Waals surface area contributed by atoms with Crippen LogP contribution in [-0.4, -0.2) is 35.7 Å². The summed E-state index contributed by atoms with van der Waals surface area (Å²) >= 11 is 15.3. The predicted octanol–water partition coefficient (Wildman–Crippen LogP) is 6.18. The maximum absolute atomic E-state index is 12.4. The fourth-order valence-corrected chi connectivity index (χ4v) is 6.19. The fourth-order valence-electron chi connectivity index (χ4n) is 3.42. The number of rotatable bonds is 6. The number of carbonyl (C=O) groups is 1. The van der Waals surface area contributed by atoms with Crippen molar-refractivity contribution in [1.82, 2.24) is 19.3 Å². The highest BCUT2D eigenvalue weighted by Crippen LogP contribution is 2.41. The number of benzene rings is 1. The molecule has 0 atom stereocenters. The molecule has 0 saturated carbocycles. The van der Waals surface area contributed by atoms with Crippen LogP contribution in [0.2, 0.25) is 10.0 Å². The largest absolute Gasteiger partial charge is 0.476 e. The second-order valence-corrected chi connectivity index (χ2v) is 11.5. The number of aromatic nitrogens is 4. The van der Waals surface area contributed by atoms with Gasteiger partial charge in [0.25, 0.3) is 5.56 Å². The van der Waals surface area contributed by atoms with Gasteiger partial charge >= 0.3 is 5.97 Å². The number of aryl methyl sites for hydroxylation is 2. The molecule has 7 nitrogen and oxygen atoms in total. The first kappa shape index (κ1) is 24.5. The summed E-state index contributed by atoms with van der Waals surface area (Å²) in [6.45, 7) is 5.85. The van der Waals surface area contributed by atoms with E-state index in [0.29, 0.717) is 37.7 Å². The highest BCUT2D eigenvalue weighted by Gasteiger charge is 2.27. The van der Waals surface area contributed by atoms with E-state index in [-0.39, 0.29) is 16.5 Å². The molecule has 1 N–H and O–H groups in total. The number of carboxylic acids is 1. The Morgan fingerprint density at radius 1 is 1.15 bits per heavy atom. The van der Waals surface area contributed by atoms with Crippen LogP contribution in [0.15, 0.2) is 45.5 Å². The Balaban J connectivity index is 1.93. The Bertz CT molecular complexity index is 1470. The van der Waals surface area contributed by atoms with E-state index in [1.54, 1.807) is 50.1 Å². The van der Waals surface area contributed by atoms with Gasteiger partial charge in [-0.25, -0.2) is 9.78 Å². The van der Waals surface area contributed by atoms with Gasteiger partial charge in [-0.15, -0.1) is 11.8 Å². The maximum Gasteiger partial charge on any atom is 0.355 e. The van der Waals surface area contributed by atoms with E-state index in [0.717, 1.165) is 9.77 Å². The summed E-state index contributed by atoms with van der Waals surface area (Å²) in [5.74, 6) is -1.17. The summed E-state index contributed by atoms with van der Waals surface area (Å²) in [4.78, 5) is 29.3. The van der Waals surface area contributed by atoms with Gasteiger partial charge in [0.15, 0.2) is 5.69 Å². The van der Waals surface area contributed by atoms with Crippen molar-refractivity contribution in [2.45, 2.75) is 30.2 Å². The third-order valence-corrected chi connectivity index (χ3v) is 7.94. The second-order valence-electron chi connectivity index (χ2n) is 7.82. The van der Waals surface area contributed by atoms with E-state index in [2.05, 4.69) is 18.9 Å². The van der Waals surface area contributed by atoms with Gasteiger partial charge in [-0.1, -0.05) is 54.5 Å². The van der Waals surface area contributed by atoms with E-state index < -0.39 is 5.97 Å². The van der Waals surface area contributed by atoms with Gasteiger partial charge in [-0.3, -0.25) is 4.79 Å². The Labute approximate surface area is 214 Å². The number of hydrogen-bond acceptors (Lipinski definition) is 6. The van der Waals surface area contributed by atoms with Crippen LogP contribution in [0.5, 0.6) is 0 Å². The number of aromatic carboxylic acids is 1. The molecule has 176 valence electrons. The molecule has 0 saturated heterocycles. The molecule has 0 unspecified atom stereocenters. The number of halogens is 2. The van der Waals surface area contributed by atoms with Crippen LogP contribution in [0.1, 0.15) is 30.0 Å². The quantitative estimate of drug-likeness (QED) is 0.297. The third kappa shape index (κ3) is 4.65. The molecule has 11 heteroatoms. The zero-order valence-corrected chi connectivity index (χ0v) is 21.8. The molecule has 0 aliphatic rings. The second kappa shape index (κ2) is 9.58. The minimum atomic E-state index is -1.17. The summed E-state index contributed by atoms with van der Waals surface area (Å²) in [6.07, 6.45) is 1.60. The van der Waals surface area contributed by atoms with Crippen molar-refractivity contribution >= 4 is 52.3 Å². The van der Waals surface area contributed by atoms with E-state index in [4.69, 9.17) is 28.2 Å². The Hall–Kier alpha value is -2.59. The molecule has 0 aliphatic carbocycles. The van der Waals surface area contributed by atoms with Crippen LogP contribution < -0.4 is 5.56 Å². The lowest BCUT2D eigenvalue weighted by Gasteiger charge is -2.05. The lowest BCUT2D eigenvalue weighted by atomic mass is 10.0. The van der Waals surface area contributed by atoms with Crippen LogP contribution in [-0.2, 0) is 7.05 Å². The number of carboxylic acid groups (broad SMARTS) is 1. The average molecular weight is 535 g/mol. The van der Waals surface area contributed by atoms with Crippen LogP contribution in [0, 0.1) is 6.92 Å².